The lowest BCUT2D eigenvalue weighted by Crippen LogP contribution is -2.42. The van der Waals surface area contributed by atoms with Gasteiger partial charge in [-0.05, 0) is 30.5 Å². The first-order valence-electron chi connectivity index (χ1n) is 8.65. The molecule has 0 amide bonds. The Balaban J connectivity index is 1.31. The standard InChI is InChI=1S/C19H21N5S/c1-2-6-15(7-3-1)14-21-16-9-12-24(13-10-16)19-23-22-18(25-19)17-8-4-5-11-20-17/h1-8,11,16,21H,9-10,12-14H2. The molecule has 1 aromatic carbocycles. The predicted molar refractivity (Wildman–Crippen MR) is 102 cm³/mol. The summed E-state index contributed by atoms with van der Waals surface area (Å²) in [6.07, 6.45) is 4.05. The number of nitrogens with one attached hydrogen (secondary N) is 1. The molecule has 1 saturated heterocycles. The van der Waals surface area contributed by atoms with Gasteiger partial charge in [0, 0.05) is 31.9 Å². The van der Waals surface area contributed by atoms with E-state index in [9.17, 15) is 0 Å². The fourth-order valence-corrected chi connectivity index (χ4v) is 3.94. The fraction of sp³-hybridized carbons (Fsp3) is 0.316. The highest BCUT2D eigenvalue weighted by Crippen LogP contribution is 2.29. The van der Waals surface area contributed by atoms with Gasteiger partial charge in [-0.15, -0.1) is 10.2 Å². The molecule has 1 fully saturated rings. The molecule has 0 aliphatic carbocycles. The zero-order chi connectivity index (χ0) is 16.9. The summed E-state index contributed by atoms with van der Waals surface area (Å²) in [5, 5.41) is 14.2. The molecule has 1 aliphatic rings. The molecule has 0 bridgehead atoms. The highest BCUT2D eigenvalue weighted by molar-refractivity contribution is 7.18. The van der Waals surface area contributed by atoms with Crippen molar-refractivity contribution in [1.82, 2.24) is 20.5 Å². The van der Waals surface area contributed by atoms with E-state index in [4.69, 9.17) is 0 Å². The average Bonchev–Trinajstić information content (AvgIpc) is 3.19. The lowest BCUT2D eigenvalue weighted by Gasteiger charge is -2.32. The van der Waals surface area contributed by atoms with Crippen molar-refractivity contribution in [1.29, 1.82) is 0 Å². The zero-order valence-corrected chi connectivity index (χ0v) is 14.8. The van der Waals surface area contributed by atoms with E-state index < -0.39 is 0 Å². The first kappa shape index (κ1) is 16.2. The minimum absolute atomic E-state index is 0.569. The third-order valence-corrected chi connectivity index (χ3v) is 5.51. The van der Waals surface area contributed by atoms with E-state index in [0.717, 1.165) is 48.3 Å². The molecule has 0 atom stereocenters. The Morgan fingerprint density at radius 2 is 1.80 bits per heavy atom. The van der Waals surface area contributed by atoms with E-state index in [1.54, 1.807) is 17.5 Å². The third kappa shape index (κ3) is 4.03. The van der Waals surface area contributed by atoms with Crippen molar-refractivity contribution in [2.24, 2.45) is 0 Å². The minimum atomic E-state index is 0.569. The molecule has 1 N–H and O–H groups in total. The average molecular weight is 351 g/mol. The monoisotopic (exact) mass is 351 g/mol. The second-order valence-electron chi connectivity index (χ2n) is 6.23. The maximum atomic E-state index is 4.37. The third-order valence-electron chi connectivity index (χ3n) is 4.50. The molecule has 2 aromatic heterocycles. The SMILES string of the molecule is c1ccc(CNC2CCN(c3nnc(-c4ccccn4)s3)CC2)cc1. The molecule has 0 unspecified atom stereocenters. The Morgan fingerprint density at radius 3 is 2.56 bits per heavy atom. The summed E-state index contributed by atoms with van der Waals surface area (Å²) < 4.78 is 0. The Labute approximate surface area is 151 Å². The van der Waals surface area contributed by atoms with Crippen molar-refractivity contribution in [3.05, 3.63) is 60.3 Å². The van der Waals surface area contributed by atoms with Crippen molar-refractivity contribution in [2.45, 2.75) is 25.4 Å². The molecule has 0 spiro atoms. The van der Waals surface area contributed by atoms with Gasteiger partial charge in [0.15, 0.2) is 5.01 Å². The highest BCUT2D eigenvalue weighted by atomic mass is 32.1. The minimum Gasteiger partial charge on any atom is -0.347 e. The smallest absolute Gasteiger partial charge is 0.208 e. The van der Waals surface area contributed by atoms with Crippen LogP contribution in [0.5, 0.6) is 0 Å². The summed E-state index contributed by atoms with van der Waals surface area (Å²) >= 11 is 1.62. The number of nitrogens with zero attached hydrogens (tertiary/aromatic N) is 4. The number of anilines is 1. The number of hydrogen-bond acceptors (Lipinski definition) is 6. The molecular weight excluding hydrogens is 330 g/mol. The predicted octanol–water partition coefficient (Wildman–Crippen LogP) is 3.36. The van der Waals surface area contributed by atoms with Crippen LogP contribution in [0.15, 0.2) is 54.7 Å². The number of rotatable bonds is 5. The van der Waals surface area contributed by atoms with Crippen molar-refractivity contribution < 1.29 is 0 Å². The van der Waals surface area contributed by atoms with Crippen molar-refractivity contribution in [2.75, 3.05) is 18.0 Å². The number of pyridine rings is 1. The van der Waals surface area contributed by atoms with Crippen LogP contribution >= 0.6 is 11.3 Å². The van der Waals surface area contributed by atoms with E-state index in [-0.39, 0.29) is 0 Å². The lowest BCUT2D eigenvalue weighted by atomic mass is 10.1. The second-order valence-corrected chi connectivity index (χ2v) is 7.19. The number of hydrogen-bond donors (Lipinski definition) is 1. The van der Waals surface area contributed by atoms with Gasteiger partial charge < -0.3 is 10.2 Å². The molecule has 0 saturated carbocycles. The molecule has 3 heterocycles. The molecule has 4 rings (SSSR count). The lowest BCUT2D eigenvalue weighted by molar-refractivity contribution is 0.413. The fourth-order valence-electron chi connectivity index (χ4n) is 3.07. The van der Waals surface area contributed by atoms with Crippen molar-refractivity contribution in [3.63, 3.8) is 0 Å². The van der Waals surface area contributed by atoms with Crippen molar-refractivity contribution in [3.8, 4) is 10.7 Å². The van der Waals surface area contributed by atoms with Gasteiger partial charge in [-0.3, -0.25) is 4.98 Å². The van der Waals surface area contributed by atoms with Gasteiger partial charge in [-0.25, -0.2) is 0 Å². The first-order valence-corrected chi connectivity index (χ1v) is 9.47. The Hall–Kier alpha value is -2.31. The van der Waals surface area contributed by atoms with Crippen LogP contribution in [0.25, 0.3) is 10.7 Å². The zero-order valence-electron chi connectivity index (χ0n) is 14.0. The van der Waals surface area contributed by atoms with Crippen LogP contribution in [-0.4, -0.2) is 34.3 Å². The van der Waals surface area contributed by atoms with Crippen molar-refractivity contribution >= 4 is 16.5 Å². The molecule has 5 nitrogen and oxygen atoms in total. The molecule has 128 valence electrons. The van der Waals surface area contributed by atoms with Crippen LogP contribution < -0.4 is 10.2 Å². The second kappa shape index (κ2) is 7.72. The Kier molecular flexibility index (Phi) is 4.99. The summed E-state index contributed by atoms with van der Waals surface area (Å²) in [4.78, 5) is 6.69. The van der Waals surface area contributed by atoms with E-state index in [1.807, 2.05) is 18.2 Å². The van der Waals surface area contributed by atoms with Crippen LogP contribution in [0.1, 0.15) is 18.4 Å². The van der Waals surface area contributed by atoms with Crippen LogP contribution in [0.2, 0.25) is 0 Å². The van der Waals surface area contributed by atoms with E-state index in [0.29, 0.717) is 6.04 Å². The van der Waals surface area contributed by atoms with Gasteiger partial charge in [0.05, 0.1) is 0 Å². The topological polar surface area (TPSA) is 53.9 Å². The largest absolute Gasteiger partial charge is 0.347 e. The molecule has 3 aromatic rings. The Bertz CT molecular complexity index is 782. The van der Waals surface area contributed by atoms with Crippen LogP contribution in [0.3, 0.4) is 0 Å². The van der Waals surface area contributed by atoms with Crippen LogP contribution in [0, 0.1) is 0 Å². The summed E-state index contributed by atoms with van der Waals surface area (Å²) in [7, 11) is 0. The molecular formula is C19H21N5S. The first-order chi connectivity index (χ1) is 12.4. The van der Waals surface area contributed by atoms with Gasteiger partial charge in [0.25, 0.3) is 0 Å². The maximum Gasteiger partial charge on any atom is 0.208 e. The summed E-state index contributed by atoms with van der Waals surface area (Å²) in [5.74, 6) is 0. The summed E-state index contributed by atoms with van der Waals surface area (Å²) in [6, 6.07) is 17.0. The molecule has 0 radical (unpaired) electrons. The quantitative estimate of drug-likeness (QED) is 0.764. The van der Waals surface area contributed by atoms with Gasteiger partial charge in [-0.1, -0.05) is 47.7 Å². The number of benzene rings is 1. The maximum absolute atomic E-state index is 4.37. The normalized spacial score (nSPS) is 15.4. The summed E-state index contributed by atoms with van der Waals surface area (Å²) in [5.41, 5.74) is 2.24. The summed E-state index contributed by atoms with van der Waals surface area (Å²) in [6.45, 7) is 2.97. The number of piperidine rings is 1. The van der Waals surface area contributed by atoms with E-state index in [2.05, 4.69) is 55.7 Å². The van der Waals surface area contributed by atoms with Gasteiger partial charge in [0.2, 0.25) is 5.13 Å². The van der Waals surface area contributed by atoms with Crippen LogP contribution in [-0.2, 0) is 6.54 Å². The highest BCUT2D eigenvalue weighted by Gasteiger charge is 2.22. The molecule has 25 heavy (non-hydrogen) atoms. The van der Waals surface area contributed by atoms with Gasteiger partial charge in [-0.2, -0.15) is 0 Å². The molecule has 1 aliphatic heterocycles. The van der Waals surface area contributed by atoms with Gasteiger partial charge >= 0.3 is 0 Å². The van der Waals surface area contributed by atoms with E-state index in [1.165, 1.54) is 5.56 Å². The molecule has 6 heteroatoms. The van der Waals surface area contributed by atoms with E-state index >= 15 is 0 Å². The Morgan fingerprint density at radius 1 is 1.00 bits per heavy atom. The number of aromatic nitrogens is 3. The van der Waals surface area contributed by atoms with Crippen LogP contribution in [0.4, 0.5) is 5.13 Å². The van der Waals surface area contributed by atoms with Gasteiger partial charge in [0.1, 0.15) is 5.69 Å².